The van der Waals surface area contributed by atoms with E-state index in [0.29, 0.717) is 17.2 Å². The fourth-order valence-electron chi connectivity index (χ4n) is 3.65. The van der Waals surface area contributed by atoms with Crippen LogP contribution in [0.3, 0.4) is 0 Å². The van der Waals surface area contributed by atoms with Crippen LogP contribution in [-0.2, 0) is 4.79 Å². The topological polar surface area (TPSA) is 74.2 Å². The third kappa shape index (κ3) is 2.97. The van der Waals surface area contributed by atoms with Gasteiger partial charge in [-0.25, -0.2) is 0 Å². The number of hydrogen-bond acceptors (Lipinski definition) is 5. The summed E-state index contributed by atoms with van der Waals surface area (Å²) in [6.45, 7) is 2.16. The van der Waals surface area contributed by atoms with Crippen LogP contribution in [-0.4, -0.2) is 32.1 Å². The van der Waals surface area contributed by atoms with Gasteiger partial charge >= 0.3 is 5.97 Å². The molecule has 1 heterocycles. The van der Waals surface area contributed by atoms with Gasteiger partial charge in [0.1, 0.15) is 0 Å². The maximum Gasteiger partial charge on any atom is 0.307 e. The predicted octanol–water partition coefficient (Wildman–Crippen LogP) is 4.23. The molecule has 0 radical (unpaired) electrons. The second kappa shape index (κ2) is 6.96. The second-order valence-corrected chi connectivity index (χ2v) is 6.60. The molecule has 0 fully saturated rings. The maximum absolute atomic E-state index is 11.4. The molecule has 1 aliphatic heterocycles. The van der Waals surface area contributed by atoms with Crippen molar-refractivity contribution in [3.8, 4) is 23.0 Å². The molecule has 6 nitrogen and oxygen atoms in total. The first-order chi connectivity index (χ1) is 13.5. The van der Waals surface area contributed by atoms with Crippen molar-refractivity contribution in [1.29, 1.82) is 0 Å². The third-order valence-electron chi connectivity index (χ3n) is 5.03. The SMILES string of the molecule is COc1cc2c(cc1OC)/C(=C\c1ccc3c(c1)OCO3)C(C)=C2CC(=O)O. The molecular formula is C22H20O6. The van der Waals surface area contributed by atoms with Crippen molar-refractivity contribution in [2.24, 2.45) is 0 Å². The molecule has 0 bridgehead atoms. The lowest BCUT2D eigenvalue weighted by Gasteiger charge is -2.12. The molecule has 0 amide bonds. The van der Waals surface area contributed by atoms with Crippen molar-refractivity contribution in [3.05, 3.63) is 52.6 Å². The lowest BCUT2D eigenvalue weighted by atomic mass is 9.99. The van der Waals surface area contributed by atoms with E-state index in [2.05, 4.69) is 0 Å². The average molecular weight is 380 g/mol. The third-order valence-corrected chi connectivity index (χ3v) is 5.03. The van der Waals surface area contributed by atoms with E-state index in [1.54, 1.807) is 14.2 Å². The number of benzene rings is 2. The van der Waals surface area contributed by atoms with Gasteiger partial charge in [0.05, 0.1) is 20.6 Å². The zero-order valence-electron chi connectivity index (χ0n) is 15.9. The highest BCUT2D eigenvalue weighted by atomic mass is 16.7. The highest BCUT2D eigenvalue weighted by molar-refractivity contribution is 6.08. The Morgan fingerprint density at radius 2 is 1.75 bits per heavy atom. The van der Waals surface area contributed by atoms with Gasteiger partial charge in [-0.1, -0.05) is 6.07 Å². The van der Waals surface area contributed by atoms with Crippen molar-refractivity contribution in [2.75, 3.05) is 21.0 Å². The van der Waals surface area contributed by atoms with Gasteiger partial charge in [-0.05, 0) is 70.7 Å². The molecule has 6 heteroatoms. The van der Waals surface area contributed by atoms with Crippen molar-refractivity contribution in [2.45, 2.75) is 13.3 Å². The molecule has 0 saturated heterocycles. The summed E-state index contributed by atoms with van der Waals surface area (Å²) in [7, 11) is 3.15. The molecule has 0 unspecified atom stereocenters. The number of carboxylic acids is 1. The van der Waals surface area contributed by atoms with Crippen molar-refractivity contribution >= 4 is 23.2 Å². The van der Waals surface area contributed by atoms with Crippen LogP contribution in [0.4, 0.5) is 0 Å². The Morgan fingerprint density at radius 3 is 2.43 bits per heavy atom. The van der Waals surface area contributed by atoms with Crippen molar-refractivity contribution in [3.63, 3.8) is 0 Å². The normalized spacial score (nSPS) is 15.8. The Hall–Kier alpha value is -3.41. The minimum absolute atomic E-state index is 0.0627. The molecule has 2 aliphatic rings. The Bertz CT molecular complexity index is 1030. The van der Waals surface area contributed by atoms with Crippen molar-refractivity contribution in [1.82, 2.24) is 0 Å². The minimum atomic E-state index is -0.876. The highest BCUT2D eigenvalue weighted by Crippen LogP contribution is 2.48. The van der Waals surface area contributed by atoms with Gasteiger partial charge in [0, 0.05) is 0 Å². The fraction of sp³-hybridized carbons (Fsp3) is 0.227. The molecule has 0 spiro atoms. The lowest BCUT2D eigenvalue weighted by molar-refractivity contribution is -0.135. The number of fused-ring (bicyclic) bond motifs is 2. The van der Waals surface area contributed by atoms with Gasteiger partial charge in [-0.2, -0.15) is 0 Å². The molecule has 2 aromatic rings. The molecular weight excluding hydrogens is 360 g/mol. The van der Waals surface area contributed by atoms with Crippen LogP contribution in [0.2, 0.25) is 0 Å². The first-order valence-electron chi connectivity index (χ1n) is 8.82. The maximum atomic E-state index is 11.4. The highest BCUT2D eigenvalue weighted by Gasteiger charge is 2.27. The van der Waals surface area contributed by atoms with Crippen LogP contribution in [0.15, 0.2) is 35.9 Å². The van der Waals surface area contributed by atoms with E-state index >= 15 is 0 Å². The molecule has 144 valence electrons. The Labute approximate surface area is 162 Å². The number of carbonyl (C=O) groups is 1. The summed E-state index contributed by atoms with van der Waals surface area (Å²) in [5.41, 5.74) is 5.36. The number of hydrogen-bond donors (Lipinski definition) is 1. The van der Waals surface area contributed by atoms with E-state index in [4.69, 9.17) is 18.9 Å². The molecule has 0 aromatic heterocycles. The Morgan fingerprint density at radius 1 is 1.07 bits per heavy atom. The number of methoxy groups -OCH3 is 2. The van der Waals surface area contributed by atoms with Gasteiger partial charge in [-0.15, -0.1) is 0 Å². The number of ether oxygens (including phenoxy) is 4. The summed E-state index contributed by atoms with van der Waals surface area (Å²) in [6, 6.07) is 9.47. The summed E-state index contributed by atoms with van der Waals surface area (Å²) in [5, 5.41) is 9.39. The summed E-state index contributed by atoms with van der Waals surface area (Å²) in [5.74, 6) is 1.72. The summed E-state index contributed by atoms with van der Waals surface area (Å²) >= 11 is 0. The van der Waals surface area contributed by atoms with Crippen molar-refractivity contribution < 1.29 is 28.8 Å². The number of allylic oxidation sites excluding steroid dienone is 2. The zero-order valence-corrected chi connectivity index (χ0v) is 15.9. The van der Waals surface area contributed by atoms with E-state index in [9.17, 15) is 9.90 Å². The first-order valence-corrected chi connectivity index (χ1v) is 8.82. The Kier molecular flexibility index (Phi) is 4.47. The molecule has 1 N–H and O–H groups in total. The summed E-state index contributed by atoms with van der Waals surface area (Å²) < 4.78 is 21.7. The Balaban J connectivity index is 1.87. The predicted molar refractivity (Wildman–Crippen MR) is 105 cm³/mol. The minimum Gasteiger partial charge on any atom is -0.493 e. The van der Waals surface area contributed by atoms with Gasteiger partial charge in [0.15, 0.2) is 23.0 Å². The fourth-order valence-corrected chi connectivity index (χ4v) is 3.65. The van der Waals surface area contributed by atoms with Gasteiger partial charge in [0.2, 0.25) is 6.79 Å². The molecule has 28 heavy (non-hydrogen) atoms. The van der Waals surface area contributed by atoms with Crippen LogP contribution >= 0.6 is 0 Å². The summed E-state index contributed by atoms with van der Waals surface area (Å²) in [6.07, 6.45) is 1.96. The van der Waals surface area contributed by atoms with E-state index in [-0.39, 0.29) is 13.2 Å². The number of rotatable bonds is 5. The van der Waals surface area contributed by atoms with Crippen LogP contribution in [0.5, 0.6) is 23.0 Å². The molecule has 0 saturated carbocycles. The van der Waals surface area contributed by atoms with Gasteiger partial charge in [0.25, 0.3) is 0 Å². The quantitative estimate of drug-likeness (QED) is 0.837. The largest absolute Gasteiger partial charge is 0.493 e. The smallest absolute Gasteiger partial charge is 0.307 e. The molecule has 1 aliphatic carbocycles. The summed E-state index contributed by atoms with van der Waals surface area (Å²) in [4.78, 5) is 11.4. The van der Waals surface area contributed by atoms with E-state index in [1.807, 2.05) is 43.3 Å². The monoisotopic (exact) mass is 380 g/mol. The average Bonchev–Trinajstić information content (AvgIpc) is 3.24. The van der Waals surface area contributed by atoms with Gasteiger partial charge in [-0.3, -0.25) is 4.79 Å². The number of carboxylic acid groups (broad SMARTS) is 1. The first kappa shape index (κ1) is 18.0. The number of aliphatic carboxylic acids is 1. The van der Waals surface area contributed by atoms with Crippen LogP contribution in [0.25, 0.3) is 17.2 Å². The molecule has 4 rings (SSSR count). The molecule has 2 aromatic carbocycles. The lowest BCUT2D eigenvalue weighted by Crippen LogP contribution is -1.98. The van der Waals surface area contributed by atoms with E-state index in [1.165, 1.54) is 0 Å². The van der Waals surface area contributed by atoms with Crippen LogP contribution in [0, 0.1) is 0 Å². The van der Waals surface area contributed by atoms with Gasteiger partial charge < -0.3 is 24.1 Å². The zero-order chi connectivity index (χ0) is 19.8. The second-order valence-electron chi connectivity index (χ2n) is 6.60. The van der Waals surface area contributed by atoms with E-state index in [0.717, 1.165) is 39.2 Å². The van der Waals surface area contributed by atoms with E-state index < -0.39 is 5.97 Å². The van der Waals surface area contributed by atoms with Crippen LogP contribution < -0.4 is 18.9 Å². The standard InChI is InChI=1S/C22H20O6/c1-12-14(6-13-4-5-18-21(7-13)28-11-27-18)16-8-19(25-2)20(26-3)9-17(16)15(12)10-22(23)24/h4-9H,10-11H2,1-3H3,(H,23,24)/b14-6-. The van der Waals surface area contributed by atoms with Crippen LogP contribution in [0.1, 0.15) is 30.0 Å². The molecule has 0 atom stereocenters.